The van der Waals surface area contributed by atoms with Gasteiger partial charge in [-0.2, -0.15) is 0 Å². The first kappa shape index (κ1) is 17.8. The maximum Gasteiger partial charge on any atom is 0.258 e. The standard InChI is InChI=1S/C15H18Cl2N2O4/c1-10(15(21)19-4-6-22-7-5-19)18-14(20)9-23-13-3-2-11(16)8-12(13)17/h2-3,8,10H,4-7,9H2,1H3,(H,18,20). The highest BCUT2D eigenvalue weighted by Crippen LogP contribution is 2.27. The lowest BCUT2D eigenvalue weighted by atomic mass is 10.2. The van der Waals surface area contributed by atoms with E-state index in [9.17, 15) is 9.59 Å². The number of morpholine rings is 1. The number of carbonyl (C=O) groups is 2. The van der Waals surface area contributed by atoms with E-state index in [0.717, 1.165) is 0 Å². The van der Waals surface area contributed by atoms with E-state index in [1.165, 1.54) is 6.07 Å². The zero-order valence-corrected chi connectivity index (χ0v) is 14.2. The van der Waals surface area contributed by atoms with Gasteiger partial charge in [0, 0.05) is 18.1 Å². The van der Waals surface area contributed by atoms with Gasteiger partial charge in [0.25, 0.3) is 5.91 Å². The third kappa shape index (κ3) is 5.27. The average Bonchev–Trinajstić information content (AvgIpc) is 2.54. The Morgan fingerprint density at radius 2 is 2.04 bits per heavy atom. The van der Waals surface area contributed by atoms with Crippen molar-refractivity contribution in [1.82, 2.24) is 10.2 Å². The molecular weight excluding hydrogens is 343 g/mol. The van der Waals surface area contributed by atoms with Crippen LogP contribution in [0.5, 0.6) is 5.75 Å². The minimum atomic E-state index is -0.620. The molecule has 1 aromatic rings. The second kappa shape index (κ2) is 8.38. The van der Waals surface area contributed by atoms with Gasteiger partial charge in [0.1, 0.15) is 11.8 Å². The van der Waals surface area contributed by atoms with Gasteiger partial charge in [-0.25, -0.2) is 0 Å². The number of carbonyl (C=O) groups excluding carboxylic acids is 2. The fraction of sp³-hybridized carbons (Fsp3) is 0.467. The first-order valence-corrected chi connectivity index (χ1v) is 7.96. The van der Waals surface area contributed by atoms with Crippen molar-refractivity contribution in [2.24, 2.45) is 0 Å². The Balaban J connectivity index is 1.80. The summed E-state index contributed by atoms with van der Waals surface area (Å²) in [7, 11) is 0. The van der Waals surface area contributed by atoms with E-state index in [-0.39, 0.29) is 12.5 Å². The molecule has 8 heteroatoms. The molecule has 1 unspecified atom stereocenters. The minimum Gasteiger partial charge on any atom is -0.482 e. The van der Waals surface area contributed by atoms with Gasteiger partial charge in [-0.15, -0.1) is 0 Å². The molecule has 1 heterocycles. The monoisotopic (exact) mass is 360 g/mol. The van der Waals surface area contributed by atoms with Crippen LogP contribution in [0.1, 0.15) is 6.92 Å². The zero-order chi connectivity index (χ0) is 16.8. The molecule has 1 saturated heterocycles. The highest BCUT2D eigenvalue weighted by Gasteiger charge is 2.23. The summed E-state index contributed by atoms with van der Waals surface area (Å²) in [5, 5.41) is 3.42. The predicted molar refractivity (Wildman–Crippen MR) is 87.0 cm³/mol. The van der Waals surface area contributed by atoms with Gasteiger partial charge in [-0.3, -0.25) is 9.59 Å². The molecule has 1 N–H and O–H groups in total. The number of rotatable bonds is 5. The molecule has 6 nitrogen and oxygen atoms in total. The van der Waals surface area contributed by atoms with E-state index in [0.29, 0.717) is 42.1 Å². The summed E-state index contributed by atoms with van der Waals surface area (Å²) in [6.07, 6.45) is 0. The normalized spacial score (nSPS) is 15.9. The van der Waals surface area contributed by atoms with Crippen molar-refractivity contribution >= 4 is 35.0 Å². The number of hydrogen-bond donors (Lipinski definition) is 1. The lowest BCUT2D eigenvalue weighted by molar-refractivity contribution is -0.139. The van der Waals surface area contributed by atoms with E-state index in [2.05, 4.69) is 5.32 Å². The van der Waals surface area contributed by atoms with Crippen molar-refractivity contribution in [3.05, 3.63) is 28.2 Å². The fourth-order valence-electron chi connectivity index (χ4n) is 2.14. The van der Waals surface area contributed by atoms with Crippen molar-refractivity contribution in [3.8, 4) is 5.75 Å². The molecule has 2 amide bonds. The minimum absolute atomic E-state index is 0.133. The van der Waals surface area contributed by atoms with Gasteiger partial charge >= 0.3 is 0 Å². The summed E-state index contributed by atoms with van der Waals surface area (Å²) in [5.41, 5.74) is 0. The molecule has 1 aliphatic heterocycles. The van der Waals surface area contributed by atoms with Gasteiger partial charge in [-0.05, 0) is 25.1 Å². The first-order valence-electron chi connectivity index (χ1n) is 7.21. The highest BCUT2D eigenvalue weighted by atomic mass is 35.5. The van der Waals surface area contributed by atoms with Crippen LogP contribution < -0.4 is 10.1 Å². The molecular formula is C15H18Cl2N2O4. The van der Waals surface area contributed by atoms with Crippen LogP contribution in [0.25, 0.3) is 0 Å². The number of nitrogens with zero attached hydrogens (tertiary/aromatic N) is 1. The zero-order valence-electron chi connectivity index (χ0n) is 12.7. The Morgan fingerprint density at radius 3 is 2.70 bits per heavy atom. The summed E-state index contributed by atoms with van der Waals surface area (Å²) >= 11 is 11.7. The van der Waals surface area contributed by atoms with E-state index in [4.69, 9.17) is 32.7 Å². The molecule has 1 atom stereocenters. The number of nitrogens with one attached hydrogen (secondary N) is 1. The quantitative estimate of drug-likeness (QED) is 0.868. The van der Waals surface area contributed by atoms with E-state index < -0.39 is 11.9 Å². The van der Waals surface area contributed by atoms with Gasteiger partial charge in [0.15, 0.2) is 6.61 Å². The summed E-state index contributed by atoms with van der Waals surface area (Å²) in [6.45, 7) is 3.52. The predicted octanol–water partition coefficient (Wildman–Crippen LogP) is 1.74. The molecule has 0 aromatic heterocycles. The van der Waals surface area contributed by atoms with Crippen molar-refractivity contribution < 1.29 is 19.1 Å². The molecule has 0 radical (unpaired) electrons. The molecule has 0 saturated carbocycles. The third-order valence-corrected chi connectivity index (χ3v) is 3.85. The maximum atomic E-state index is 12.2. The van der Waals surface area contributed by atoms with Crippen LogP contribution in [0.3, 0.4) is 0 Å². The second-order valence-corrected chi connectivity index (χ2v) is 5.93. The smallest absolute Gasteiger partial charge is 0.258 e. The number of halogens is 2. The highest BCUT2D eigenvalue weighted by molar-refractivity contribution is 6.35. The Hall–Kier alpha value is -1.50. The van der Waals surface area contributed by atoms with Gasteiger partial charge in [0.2, 0.25) is 5.91 Å². The molecule has 1 aromatic carbocycles. The third-order valence-electron chi connectivity index (χ3n) is 3.32. The molecule has 0 aliphatic carbocycles. The lowest BCUT2D eigenvalue weighted by Crippen LogP contribution is -2.51. The molecule has 126 valence electrons. The van der Waals surface area contributed by atoms with E-state index >= 15 is 0 Å². The lowest BCUT2D eigenvalue weighted by Gasteiger charge is -2.29. The molecule has 23 heavy (non-hydrogen) atoms. The summed E-state index contributed by atoms with van der Waals surface area (Å²) in [4.78, 5) is 25.7. The van der Waals surface area contributed by atoms with Crippen LogP contribution in [0, 0.1) is 0 Å². The van der Waals surface area contributed by atoms with Crippen molar-refractivity contribution in [2.75, 3.05) is 32.9 Å². The Bertz CT molecular complexity index is 577. The molecule has 0 bridgehead atoms. The van der Waals surface area contributed by atoms with Crippen LogP contribution >= 0.6 is 23.2 Å². The van der Waals surface area contributed by atoms with E-state index in [1.807, 2.05) is 0 Å². The van der Waals surface area contributed by atoms with Gasteiger partial charge in [-0.1, -0.05) is 23.2 Å². The number of ether oxygens (including phenoxy) is 2. The number of hydrogen-bond acceptors (Lipinski definition) is 4. The largest absolute Gasteiger partial charge is 0.482 e. The van der Waals surface area contributed by atoms with Gasteiger partial charge in [0.05, 0.1) is 18.2 Å². The van der Waals surface area contributed by atoms with E-state index in [1.54, 1.807) is 24.0 Å². The number of amides is 2. The maximum absolute atomic E-state index is 12.2. The van der Waals surface area contributed by atoms with Gasteiger partial charge < -0.3 is 19.7 Å². The Kier molecular flexibility index (Phi) is 6.50. The number of benzene rings is 1. The van der Waals surface area contributed by atoms with Crippen LogP contribution in [0.15, 0.2) is 18.2 Å². The summed E-state index contributed by atoms with van der Waals surface area (Å²) in [6, 6.07) is 4.11. The average molecular weight is 361 g/mol. The molecule has 0 spiro atoms. The fourth-order valence-corrected chi connectivity index (χ4v) is 2.60. The van der Waals surface area contributed by atoms with Crippen LogP contribution in [-0.2, 0) is 14.3 Å². The first-order chi connectivity index (χ1) is 11.0. The SMILES string of the molecule is CC(NC(=O)COc1ccc(Cl)cc1Cl)C(=O)N1CCOCC1. The Morgan fingerprint density at radius 1 is 1.35 bits per heavy atom. The van der Waals surface area contributed by atoms with Crippen LogP contribution in [-0.4, -0.2) is 55.7 Å². The molecule has 2 rings (SSSR count). The van der Waals surface area contributed by atoms with Crippen molar-refractivity contribution in [3.63, 3.8) is 0 Å². The van der Waals surface area contributed by atoms with Crippen molar-refractivity contribution in [2.45, 2.75) is 13.0 Å². The molecule has 1 fully saturated rings. The Labute approximate surface area is 144 Å². The van der Waals surface area contributed by atoms with Crippen LogP contribution in [0.2, 0.25) is 10.0 Å². The summed E-state index contributed by atoms with van der Waals surface area (Å²) in [5.74, 6) is -0.172. The topological polar surface area (TPSA) is 67.9 Å². The van der Waals surface area contributed by atoms with Crippen LogP contribution in [0.4, 0.5) is 0 Å². The van der Waals surface area contributed by atoms with Crippen molar-refractivity contribution in [1.29, 1.82) is 0 Å². The summed E-state index contributed by atoms with van der Waals surface area (Å²) < 4.78 is 10.5. The second-order valence-electron chi connectivity index (χ2n) is 5.09. The molecule has 1 aliphatic rings.